The Morgan fingerprint density at radius 3 is 2.31 bits per heavy atom. The fraction of sp³-hybridized carbons (Fsp3) is 0.400. The van der Waals surface area contributed by atoms with Crippen LogP contribution in [0.5, 0.6) is 0 Å². The smallest absolute Gasteiger partial charge is 0.241 e. The van der Waals surface area contributed by atoms with Crippen LogP contribution in [-0.4, -0.2) is 25.7 Å². The minimum atomic E-state index is -3.52. The van der Waals surface area contributed by atoms with Crippen LogP contribution in [0.25, 0.3) is 0 Å². The molecule has 1 saturated carbocycles. The van der Waals surface area contributed by atoms with E-state index in [2.05, 4.69) is 20.7 Å². The lowest BCUT2D eigenvalue weighted by Gasteiger charge is -2.14. The summed E-state index contributed by atoms with van der Waals surface area (Å²) in [7, 11) is -3.52. The Hall–Kier alpha value is -0.430. The van der Waals surface area contributed by atoms with Crippen molar-refractivity contribution >= 4 is 26.0 Å². The van der Waals surface area contributed by atoms with Crippen molar-refractivity contribution in [1.29, 1.82) is 0 Å². The second-order valence-corrected chi connectivity index (χ2v) is 6.60. The number of sulfonamides is 1. The molecule has 0 heterocycles. The molecule has 0 aromatic heterocycles. The number of nitrogens with one attached hydrogen (secondary N) is 1. The third kappa shape index (κ3) is 2.45. The van der Waals surface area contributed by atoms with Gasteiger partial charge in [-0.15, -0.1) is 0 Å². The van der Waals surface area contributed by atoms with Gasteiger partial charge in [0.05, 0.1) is 17.0 Å². The molecule has 16 heavy (non-hydrogen) atoms. The van der Waals surface area contributed by atoms with Gasteiger partial charge in [0.2, 0.25) is 10.0 Å². The largest absolute Gasteiger partial charge is 0.394 e. The van der Waals surface area contributed by atoms with E-state index >= 15 is 0 Å². The molecule has 2 rings (SSSR count). The SMILES string of the molecule is O=S(=O)(NC1(CO)CC1)c1ccc(Br)cc1. The Morgan fingerprint density at radius 2 is 1.88 bits per heavy atom. The number of aliphatic hydroxyl groups excluding tert-OH is 1. The topological polar surface area (TPSA) is 66.4 Å². The van der Waals surface area contributed by atoms with E-state index in [0.717, 1.165) is 4.47 Å². The first-order chi connectivity index (χ1) is 7.47. The van der Waals surface area contributed by atoms with Crippen LogP contribution >= 0.6 is 15.9 Å². The van der Waals surface area contributed by atoms with Crippen LogP contribution in [0.15, 0.2) is 33.6 Å². The number of halogens is 1. The zero-order chi connectivity index (χ0) is 11.8. The molecule has 0 aliphatic heterocycles. The van der Waals surface area contributed by atoms with E-state index in [-0.39, 0.29) is 11.5 Å². The van der Waals surface area contributed by atoms with E-state index in [0.29, 0.717) is 12.8 Å². The van der Waals surface area contributed by atoms with Gasteiger partial charge in [0.15, 0.2) is 0 Å². The summed E-state index contributed by atoms with van der Waals surface area (Å²) in [6.07, 6.45) is 1.39. The first kappa shape index (κ1) is 12.0. The van der Waals surface area contributed by atoms with Crippen molar-refractivity contribution in [3.63, 3.8) is 0 Å². The third-order valence-electron chi connectivity index (χ3n) is 2.63. The zero-order valence-electron chi connectivity index (χ0n) is 8.48. The number of benzene rings is 1. The molecule has 1 aliphatic rings. The molecule has 0 bridgehead atoms. The molecule has 0 radical (unpaired) electrons. The fourth-order valence-corrected chi connectivity index (χ4v) is 3.12. The molecule has 1 aliphatic carbocycles. The van der Waals surface area contributed by atoms with Crippen molar-refractivity contribution in [3.05, 3.63) is 28.7 Å². The normalized spacial score (nSPS) is 18.4. The molecule has 4 nitrogen and oxygen atoms in total. The maximum Gasteiger partial charge on any atom is 0.241 e. The highest BCUT2D eigenvalue weighted by molar-refractivity contribution is 9.10. The van der Waals surface area contributed by atoms with E-state index in [1.165, 1.54) is 12.1 Å². The predicted molar refractivity (Wildman–Crippen MR) is 63.5 cm³/mol. The van der Waals surface area contributed by atoms with Crippen molar-refractivity contribution in [1.82, 2.24) is 4.72 Å². The average molecular weight is 306 g/mol. The summed E-state index contributed by atoms with van der Waals surface area (Å²) < 4.78 is 27.2. The Labute approximate surface area is 103 Å². The van der Waals surface area contributed by atoms with E-state index in [4.69, 9.17) is 5.11 Å². The van der Waals surface area contributed by atoms with Crippen LogP contribution in [0.4, 0.5) is 0 Å². The second-order valence-electron chi connectivity index (χ2n) is 4.00. The number of aliphatic hydroxyl groups is 1. The van der Waals surface area contributed by atoms with E-state index in [9.17, 15) is 8.42 Å². The van der Waals surface area contributed by atoms with Crippen LogP contribution in [0.2, 0.25) is 0 Å². The summed E-state index contributed by atoms with van der Waals surface area (Å²) in [5.74, 6) is 0. The van der Waals surface area contributed by atoms with Gasteiger partial charge in [0.1, 0.15) is 0 Å². The maximum atomic E-state index is 11.9. The van der Waals surface area contributed by atoms with Crippen molar-refractivity contribution in [2.24, 2.45) is 0 Å². The van der Waals surface area contributed by atoms with Crippen LogP contribution in [0, 0.1) is 0 Å². The molecular weight excluding hydrogens is 294 g/mol. The Bertz CT molecular complexity index is 479. The van der Waals surface area contributed by atoms with Gasteiger partial charge in [-0.3, -0.25) is 0 Å². The van der Waals surface area contributed by atoms with Gasteiger partial charge < -0.3 is 5.11 Å². The number of hydrogen-bond donors (Lipinski definition) is 2. The highest BCUT2D eigenvalue weighted by atomic mass is 79.9. The standard InChI is InChI=1S/C10H12BrNO3S/c11-8-1-3-9(4-2-8)16(14,15)12-10(7-13)5-6-10/h1-4,12-13H,5-7H2. The van der Waals surface area contributed by atoms with Crippen LogP contribution in [-0.2, 0) is 10.0 Å². The first-order valence-corrected chi connectivity index (χ1v) is 7.15. The summed E-state index contributed by atoms with van der Waals surface area (Å²) in [6, 6.07) is 6.40. The Kier molecular flexibility index (Phi) is 3.09. The lowest BCUT2D eigenvalue weighted by molar-refractivity contribution is 0.246. The van der Waals surface area contributed by atoms with E-state index in [1.54, 1.807) is 12.1 Å². The molecule has 1 aromatic carbocycles. The van der Waals surface area contributed by atoms with Crippen molar-refractivity contribution in [3.8, 4) is 0 Å². The van der Waals surface area contributed by atoms with Gasteiger partial charge in [-0.1, -0.05) is 15.9 Å². The Balaban J connectivity index is 2.22. The van der Waals surface area contributed by atoms with Crippen LogP contribution in [0.1, 0.15) is 12.8 Å². The molecule has 1 fully saturated rings. The van der Waals surface area contributed by atoms with Gasteiger partial charge in [0.25, 0.3) is 0 Å². The number of rotatable bonds is 4. The molecule has 0 spiro atoms. The van der Waals surface area contributed by atoms with Gasteiger partial charge in [-0.05, 0) is 37.1 Å². The number of hydrogen-bond acceptors (Lipinski definition) is 3. The lowest BCUT2D eigenvalue weighted by atomic mass is 10.3. The molecule has 88 valence electrons. The fourth-order valence-electron chi connectivity index (χ4n) is 1.40. The summed E-state index contributed by atoms with van der Waals surface area (Å²) in [6.45, 7) is -0.150. The monoisotopic (exact) mass is 305 g/mol. The first-order valence-electron chi connectivity index (χ1n) is 4.88. The highest BCUT2D eigenvalue weighted by Gasteiger charge is 2.45. The molecule has 2 N–H and O–H groups in total. The van der Waals surface area contributed by atoms with Crippen LogP contribution < -0.4 is 4.72 Å². The van der Waals surface area contributed by atoms with Crippen molar-refractivity contribution < 1.29 is 13.5 Å². The summed E-state index contributed by atoms with van der Waals surface area (Å²) in [5.41, 5.74) is -0.619. The lowest BCUT2D eigenvalue weighted by Crippen LogP contribution is -2.39. The molecule has 0 saturated heterocycles. The minimum Gasteiger partial charge on any atom is -0.394 e. The molecule has 0 atom stereocenters. The summed E-state index contributed by atoms with van der Waals surface area (Å²) in [4.78, 5) is 0.218. The van der Waals surface area contributed by atoms with E-state index in [1.807, 2.05) is 0 Å². The van der Waals surface area contributed by atoms with Crippen molar-refractivity contribution in [2.75, 3.05) is 6.61 Å². The molecular formula is C10H12BrNO3S. The van der Waals surface area contributed by atoms with Crippen LogP contribution in [0.3, 0.4) is 0 Å². The second kappa shape index (κ2) is 4.10. The third-order valence-corrected chi connectivity index (χ3v) is 4.75. The van der Waals surface area contributed by atoms with E-state index < -0.39 is 15.6 Å². The minimum absolute atomic E-state index is 0.150. The van der Waals surface area contributed by atoms with Crippen molar-refractivity contribution in [2.45, 2.75) is 23.3 Å². The quantitative estimate of drug-likeness (QED) is 0.880. The molecule has 0 unspecified atom stereocenters. The molecule has 6 heteroatoms. The van der Waals surface area contributed by atoms with Gasteiger partial charge in [-0.25, -0.2) is 13.1 Å². The summed E-state index contributed by atoms with van der Waals surface area (Å²) in [5, 5.41) is 9.08. The predicted octanol–water partition coefficient (Wildman–Crippen LogP) is 1.25. The molecule has 1 aromatic rings. The molecule has 0 amide bonds. The maximum absolute atomic E-state index is 11.9. The highest BCUT2D eigenvalue weighted by Crippen LogP contribution is 2.36. The van der Waals surface area contributed by atoms with Gasteiger partial charge >= 0.3 is 0 Å². The summed E-state index contributed by atoms with van der Waals surface area (Å²) >= 11 is 3.24. The van der Waals surface area contributed by atoms with Gasteiger partial charge in [-0.2, -0.15) is 0 Å². The average Bonchev–Trinajstić information content (AvgIpc) is 2.98. The van der Waals surface area contributed by atoms with Gasteiger partial charge in [0, 0.05) is 4.47 Å². The Morgan fingerprint density at radius 1 is 1.31 bits per heavy atom. The zero-order valence-corrected chi connectivity index (χ0v) is 10.9.